The summed E-state index contributed by atoms with van der Waals surface area (Å²) in [5, 5.41) is 0. The molecular weight excluding hydrogens is 103 g/mol. The molecule has 0 aromatic rings. The fraction of sp³-hybridized carbons (Fsp3) is 1.00. The molecule has 0 aromatic carbocycles. The Morgan fingerprint density at radius 2 is 2.12 bits per heavy atom. The monoisotopic (exact) mass is 115 g/mol. The van der Waals surface area contributed by atoms with Crippen molar-refractivity contribution in [2.24, 2.45) is 0 Å². The second kappa shape index (κ2) is 6.98. The predicted molar refractivity (Wildman–Crippen MR) is 33.8 cm³/mol. The lowest BCUT2D eigenvalue weighted by molar-refractivity contribution is 0.0243. The van der Waals surface area contributed by atoms with Gasteiger partial charge in [-0.15, -0.1) is 0 Å². The van der Waals surface area contributed by atoms with Gasteiger partial charge in [-0.3, -0.25) is 0 Å². The molecule has 0 N–H and O–H groups in total. The Morgan fingerprint density at radius 1 is 1.38 bits per heavy atom. The smallest absolute Gasteiger partial charge is 0.295 e. The quantitative estimate of drug-likeness (QED) is 0.303. The molecule has 0 aliphatic heterocycles. The summed E-state index contributed by atoms with van der Waals surface area (Å²) in [5.74, 6) is 0. The van der Waals surface area contributed by atoms with Crippen LogP contribution >= 0.6 is 0 Å². The molecule has 0 fully saturated rings. The first-order chi connectivity index (χ1) is 3.91. The van der Waals surface area contributed by atoms with Gasteiger partial charge in [0.15, 0.2) is 0 Å². The first-order valence-corrected chi connectivity index (χ1v) is 2.92. The van der Waals surface area contributed by atoms with E-state index in [4.69, 9.17) is 9.39 Å². The van der Waals surface area contributed by atoms with Crippen LogP contribution in [0.15, 0.2) is 0 Å². The summed E-state index contributed by atoms with van der Waals surface area (Å²) in [4.78, 5) is 0. The van der Waals surface area contributed by atoms with Crippen molar-refractivity contribution in [2.45, 2.75) is 20.2 Å². The van der Waals surface area contributed by atoms with Crippen molar-refractivity contribution in [3.05, 3.63) is 0 Å². The van der Waals surface area contributed by atoms with Crippen LogP contribution in [0.2, 0.25) is 6.32 Å². The standard InChI is InChI=1S/C5H12BO2/c1-3-6-8-5-7-4-2/h3-5H2,1-2H3. The molecule has 0 saturated heterocycles. The van der Waals surface area contributed by atoms with E-state index in [1.54, 1.807) is 7.48 Å². The largest absolute Gasteiger partial charge is 0.420 e. The zero-order chi connectivity index (χ0) is 6.24. The molecule has 0 rings (SSSR count). The van der Waals surface area contributed by atoms with Gasteiger partial charge >= 0.3 is 0 Å². The van der Waals surface area contributed by atoms with Gasteiger partial charge in [-0.2, -0.15) is 0 Å². The minimum atomic E-state index is 0.393. The van der Waals surface area contributed by atoms with E-state index in [1.165, 1.54) is 0 Å². The fourth-order valence-electron chi connectivity index (χ4n) is 0.297. The van der Waals surface area contributed by atoms with Crippen molar-refractivity contribution < 1.29 is 9.39 Å². The van der Waals surface area contributed by atoms with E-state index in [0.29, 0.717) is 6.79 Å². The summed E-state index contributed by atoms with van der Waals surface area (Å²) in [6.07, 6.45) is 0.938. The highest BCUT2D eigenvalue weighted by molar-refractivity contribution is 6.26. The summed E-state index contributed by atoms with van der Waals surface area (Å²) in [7, 11) is 1.73. The highest BCUT2D eigenvalue weighted by Crippen LogP contribution is 1.78. The molecule has 0 heterocycles. The van der Waals surface area contributed by atoms with Gasteiger partial charge in [0.1, 0.15) is 6.79 Å². The molecule has 2 nitrogen and oxygen atoms in total. The van der Waals surface area contributed by atoms with Crippen LogP contribution in [0.25, 0.3) is 0 Å². The van der Waals surface area contributed by atoms with Crippen LogP contribution in [0.4, 0.5) is 0 Å². The molecule has 0 unspecified atom stereocenters. The molecular formula is C5H12BO2. The summed E-state index contributed by atoms with van der Waals surface area (Å²) in [6.45, 7) is 5.07. The molecule has 1 radical (unpaired) electrons. The SMILES string of the molecule is CC[B]OCOCC. The van der Waals surface area contributed by atoms with Crippen molar-refractivity contribution in [3.8, 4) is 0 Å². The van der Waals surface area contributed by atoms with Crippen LogP contribution in [0.3, 0.4) is 0 Å². The average Bonchev–Trinajstić information content (AvgIpc) is 1.81. The lowest BCUT2D eigenvalue weighted by atomic mass is 9.98. The zero-order valence-corrected chi connectivity index (χ0v) is 5.52. The van der Waals surface area contributed by atoms with E-state index < -0.39 is 0 Å². The van der Waals surface area contributed by atoms with Gasteiger partial charge in [-0.05, 0) is 6.92 Å². The van der Waals surface area contributed by atoms with Gasteiger partial charge in [0.2, 0.25) is 0 Å². The van der Waals surface area contributed by atoms with E-state index in [-0.39, 0.29) is 0 Å². The molecule has 0 aliphatic carbocycles. The molecule has 0 aromatic heterocycles. The van der Waals surface area contributed by atoms with Gasteiger partial charge in [-0.25, -0.2) is 0 Å². The third kappa shape index (κ3) is 5.98. The maximum Gasteiger partial charge on any atom is 0.295 e. The minimum Gasteiger partial charge on any atom is -0.420 e. The van der Waals surface area contributed by atoms with E-state index >= 15 is 0 Å². The van der Waals surface area contributed by atoms with Crippen LogP contribution in [0.5, 0.6) is 0 Å². The fourth-order valence-corrected chi connectivity index (χ4v) is 0.297. The first kappa shape index (κ1) is 7.98. The first-order valence-electron chi connectivity index (χ1n) is 2.92. The topological polar surface area (TPSA) is 18.5 Å². The summed E-state index contributed by atoms with van der Waals surface area (Å²) < 4.78 is 9.76. The second-order valence-corrected chi connectivity index (χ2v) is 1.35. The van der Waals surface area contributed by atoms with Gasteiger partial charge < -0.3 is 9.39 Å². The number of rotatable bonds is 5. The normalized spacial score (nSPS) is 9.25. The highest BCUT2D eigenvalue weighted by atomic mass is 16.6. The van der Waals surface area contributed by atoms with E-state index in [9.17, 15) is 0 Å². The van der Waals surface area contributed by atoms with E-state index in [1.807, 2.05) is 13.8 Å². The van der Waals surface area contributed by atoms with Gasteiger partial charge in [0, 0.05) is 6.61 Å². The van der Waals surface area contributed by atoms with Crippen molar-refractivity contribution in [1.29, 1.82) is 0 Å². The summed E-state index contributed by atoms with van der Waals surface area (Å²) in [6, 6.07) is 0. The van der Waals surface area contributed by atoms with Crippen molar-refractivity contribution in [1.82, 2.24) is 0 Å². The molecule has 0 atom stereocenters. The predicted octanol–water partition coefficient (Wildman–Crippen LogP) is 1.05. The maximum absolute atomic E-state index is 4.88. The number of hydrogen-bond acceptors (Lipinski definition) is 2. The lowest BCUT2D eigenvalue weighted by Gasteiger charge is -1.98. The Balaban J connectivity index is 2.53. The van der Waals surface area contributed by atoms with Crippen molar-refractivity contribution in [2.75, 3.05) is 13.4 Å². The summed E-state index contributed by atoms with van der Waals surface area (Å²) >= 11 is 0. The molecule has 8 heavy (non-hydrogen) atoms. The lowest BCUT2D eigenvalue weighted by Crippen LogP contribution is -2.02. The third-order valence-corrected chi connectivity index (χ3v) is 0.640. The molecule has 0 spiro atoms. The molecule has 0 saturated carbocycles. The van der Waals surface area contributed by atoms with Crippen LogP contribution < -0.4 is 0 Å². The third-order valence-electron chi connectivity index (χ3n) is 0.640. The van der Waals surface area contributed by atoms with Crippen molar-refractivity contribution in [3.63, 3.8) is 0 Å². The van der Waals surface area contributed by atoms with Crippen molar-refractivity contribution >= 4 is 7.48 Å². The molecule has 47 valence electrons. The Morgan fingerprint density at radius 3 is 2.62 bits per heavy atom. The summed E-state index contributed by atoms with van der Waals surface area (Å²) in [5.41, 5.74) is 0. The minimum absolute atomic E-state index is 0.393. The zero-order valence-electron chi connectivity index (χ0n) is 5.52. The van der Waals surface area contributed by atoms with Crippen LogP contribution in [0, 0.1) is 0 Å². The van der Waals surface area contributed by atoms with Gasteiger partial charge in [-0.1, -0.05) is 13.2 Å². The van der Waals surface area contributed by atoms with E-state index in [0.717, 1.165) is 12.9 Å². The Hall–Kier alpha value is -0.0151. The van der Waals surface area contributed by atoms with Crippen LogP contribution in [0.1, 0.15) is 13.8 Å². The Bertz CT molecular complexity index is 35.4. The van der Waals surface area contributed by atoms with Crippen LogP contribution in [-0.2, 0) is 9.39 Å². The number of ether oxygens (including phenoxy) is 1. The Kier molecular flexibility index (Phi) is 6.97. The van der Waals surface area contributed by atoms with Crippen LogP contribution in [-0.4, -0.2) is 20.9 Å². The molecule has 3 heteroatoms. The van der Waals surface area contributed by atoms with Gasteiger partial charge in [0.05, 0.1) is 0 Å². The number of hydrogen-bond donors (Lipinski definition) is 0. The molecule has 0 amide bonds. The van der Waals surface area contributed by atoms with E-state index in [2.05, 4.69) is 0 Å². The molecule has 0 bridgehead atoms. The van der Waals surface area contributed by atoms with Gasteiger partial charge in [0.25, 0.3) is 7.48 Å². The molecule has 0 aliphatic rings. The average molecular weight is 115 g/mol. The Labute approximate surface area is 51.4 Å². The maximum atomic E-state index is 4.88. The highest BCUT2D eigenvalue weighted by Gasteiger charge is 1.84. The second-order valence-electron chi connectivity index (χ2n) is 1.35.